The summed E-state index contributed by atoms with van der Waals surface area (Å²) in [5, 5.41) is 19.7. The van der Waals surface area contributed by atoms with Gasteiger partial charge in [0.25, 0.3) is 0 Å². The van der Waals surface area contributed by atoms with Crippen molar-refractivity contribution in [2.24, 2.45) is 0 Å². The number of nitrogens with one attached hydrogen (secondary N) is 2. The molecular formula is C19H24N6O2. The fourth-order valence-electron chi connectivity index (χ4n) is 2.66. The summed E-state index contributed by atoms with van der Waals surface area (Å²) in [5.41, 5.74) is 2.67. The number of rotatable bonds is 8. The summed E-state index contributed by atoms with van der Waals surface area (Å²) in [4.78, 5) is 11.3. The number of carbonyl (C=O) groups excluding carboxylic acids is 1. The van der Waals surface area contributed by atoms with Crippen LogP contribution in [0.3, 0.4) is 0 Å². The molecule has 0 saturated heterocycles. The predicted octanol–water partition coefficient (Wildman–Crippen LogP) is 2.83. The molecule has 0 bridgehead atoms. The van der Waals surface area contributed by atoms with Crippen molar-refractivity contribution in [3.05, 3.63) is 47.8 Å². The lowest BCUT2D eigenvalue weighted by atomic mass is 10.2. The van der Waals surface area contributed by atoms with Gasteiger partial charge in [-0.2, -0.15) is 4.52 Å². The Labute approximate surface area is 157 Å². The summed E-state index contributed by atoms with van der Waals surface area (Å²) in [5.74, 6) is 1.34. The zero-order chi connectivity index (χ0) is 19.2. The van der Waals surface area contributed by atoms with Crippen LogP contribution in [0.15, 0.2) is 36.4 Å². The minimum atomic E-state index is -0.266. The first-order valence-corrected chi connectivity index (χ1v) is 8.93. The molecular weight excluding hydrogens is 344 g/mol. The highest BCUT2D eigenvalue weighted by atomic mass is 16.5. The van der Waals surface area contributed by atoms with E-state index in [4.69, 9.17) is 0 Å². The van der Waals surface area contributed by atoms with Gasteiger partial charge >= 0.3 is 5.97 Å². The molecule has 142 valence electrons. The topological polar surface area (TPSA) is 93.4 Å². The van der Waals surface area contributed by atoms with Crippen LogP contribution in [0, 0.1) is 0 Å². The Hall–Kier alpha value is -3.16. The van der Waals surface area contributed by atoms with Crippen molar-refractivity contribution in [3.8, 4) is 0 Å². The van der Waals surface area contributed by atoms with Crippen LogP contribution in [0.4, 0.5) is 11.5 Å². The molecule has 0 aliphatic heterocycles. The molecule has 2 aromatic heterocycles. The molecule has 8 nitrogen and oxygen atoms in total. The Morgan fingerprint density at radius 2 is 1.96 bits per heavy atom. The highest BCUT2D eigenvalue weighted by Crippen LogP contribution is 2.22. The number of hydrogen-bond donors (Lipinski definition) is 2. The van der Waals surface area contributed by atoms with E-state index in [2.05, 4.69) is 42.8 Å². The van der Waals surface area contributed by atoms with E-state index in [1.807, 2.05) is 38.1 Å². The zero-order valence-corrected chi connectivity index (χ0v) is 15.8. The molecule has 0 aliphatic rings. The highest BCUT2D eigenvalue weighted by molar-refractivity contribution is 5.71. The first-order valence-electron chi connectivity index (χ1n) is 8.93. The van der Waals surface area contributed by atoms with Gasteiger partial charge < -0.3 is 15.4 Å². The Balaban J connectivity index is 1.86. The second-order valence-electron chi connectivity index (χ2n) is 6.48. The average molecular weight is 368 g/mol. The second kappa shape index (κ2) is 8.48. The number of methoxy groups -OCH3 is 1. The Bertz CT molecular complexity index is 907. The third-order valence-corrected chi connectivity index (χ3v) is 4.10. The molecule has 3 aromatic rings. The van der Waals surface area contributed by atoms with Crippen molar-refractivity contribution in [1.29, 1.82) is 0 Å². The number of esters is 1. The van der Waals surface area contributed by atoms with Gasteiger partial charge in [0.15, 0.2) is 5.82 Å². The van der Waals surface area contributed by atoms with Gasteiger partial charge in [-0.1, -0.05) is 44.2 Å². The first kappa shape index (κ1) is 18.6. The Morgan fingerprint density at radius 3 is 2.67 bits per heavy atom. The zero-order valence-electron chi connectivity index (χ0n) is 15.8. The van der Waals surface area contributed by atoms with Crippen LogP contribution in [0.25, 0.3) is 5.65 Å². The summed E-state index contributed by atoms with van der Waals surface area (Å²) in [6.07, 6.45) is 0.266. The average Bonchev–Trinajstić information content (AvgIpc) is 3.11. The standard InChI is InChI=1S/C19H24N6O2/c1-13(2)18-22-23-19-15(21-12-14-7-5-4-6-8-14)11-16(24-25(18)19)20-10-9-17(26)27-3/h4-8,11,13,21H,9-10,12H2,1-3H3,(H,20,24). The molecule has 1 aromatic carbocycles. The largest absolute Gasteiger partial charge is 0.469 e. The third-order valence-electron chi connectivity index (χ3n) is 4.10. The Kier molecular flexibility index (Phi) is 5.85. The van der Waals surface area contributed by atoms with Crippen LogP contribution in [0.1, 0.15) is 37.6 Å². The maximum absolute atomic E-state index is 11.3. The molecule has 2 N–H and O–H groups in total. The van der Waals surface area contributed by atoms with Gasteiger partial charge in [-0.15, -0.1) is 15.3 Å². The van der Waals surface area contributed by atoms with E-state index in [-0.39, 0.29) is 18.3 Å². The summed E-state index contributed by atoms with van der Waals surface area (Å²) >= 11 is 0. The number of anilines is 2. The van der Waals surface area contributed by atoms with Crippen LogP contribution < -0.4 is 10.6 Å². The van der Waals surface area contributed by atoms with Gasteiger partial charge in [-0.05, 0) is 5.56 Å². The van der Waals surface area contributed by atoms with Crippen molar-refractivity contribution in [2.75, 3.05) is 24.3 Å². The number of hydrogen-bond acceptors (Lipinski definition) is 7. The molecule has 0 aliphatic carbocycles. The van der Waals surface area contributed by atoms with Crippen molar-refractivity contribution in [3.63, 3.8) is 0 Å². The van der Waals surface area contributed by atoms with Crippen molar-refractivity contribution < 1.29 is 9.53 Å². The van der Waals surface area contributed by atoms with Crippen LogP contribution >= 0.6 is 0 Å². The normalized spacial score (nSPS) is 11.0. The lowest BCUT2D eigenvalue weighted by Crippen LogP contribution is -2.13. The van der Waals surface area contributed by atoms with E-state index in [1.54, 1.807) is 4.52 Å². The summed E-state index contributed by atoms with van der Waals surface area (Å²) in [6, 6.07) is 12.0. The summed E-state index contributed by atoms with van der Waals surface area (Å²) in [7, 11) is 1.38. The first-order chi connectivity index (χ1) is 13.1. The van der Waals surface area contributed by atoms with E-state index in [9.17, 15) is 4.79 Å². The van der Waals surface area contributed by atoms with Gasteiger partial charge in [0.1, 0.15) is 5.82 Å². The van der Waals surface area contributed by atoms with Gasteiger partial charge in [0, 0.05) is 25.1 Å². The van der Waals surface area contributed by atoms with Crippen LogP contribution in [-0.4, -0.2) is 39.4 Å². The van der Waals surface area contributed by atoms with Crippen molar-refractivity contribution in [2.45, 2.75) is 32.7 Å². The lowest BCUT2D eigenvalue weighted by molar-refractivity contribution is -0.140. The van der Waals surface area contributed by atoms with Gasteiger partial charge in [-0.25, -0.2) is 0 Å². The third kappa shape index (κ3) is 4.52. The molecule has 3 rings (SSSR count). The molecule has 0 fully saturated rings. The Morgan fingerprint density at radius 1 is 1.19 bits per heavy atom. The van der Waals surface area contributed by atoms with E-state index in [0.717, 1.165) is 17.1 Å². The molecule has 0 radical (unpaired) electrons. The summed E-state index contributed by atoms with van der Waals surface area (Å²) < 4.78 is 6.42. The fraction of sp³-hybridized carbons (Fsp3) is 0.368. The fourth-order valence-corrected chi connectivity index (χ4v) is 2.66. The van der Waals surface area contributed by atoms with Crippen molar-refractivity contribution in [1.82, 2.24) is 19.8 Å². The number of fused-ring (bicyclic) bond motifs is 1. The molecule has 27 heavy (non-hydrogen) atoms. The molecule has 0 amide bonds. The smallest absolute Gasteiger partial charge is 0.307 e. The molecule has 8 heteroatoms. The molecule has 2 heterocycles. The van der Waals surface area contributed by atoms with Crippen molar-refractivity contribution >= 4 is 23.1 Å². The summed E-state index contributed by atoms with van der Waals surface area (Å²) in [6.45, 7) is 5.19. The quantitative estimate of drug-likeness (QED) is 0.591. The van der Waals surface area contributed by atoms with E-state index >= 15 is 0 Å². The SMILES string of the molecule is COC(=O)CCNc1cc(NCc2ccccc2)c2nnc(C(C)C)n2n1. The molecule has 0 atom stereocenters. The molecule has 0 saturated carbocycles. The maximum Gasteiger partial charge on any atom is 0.307 e. The predicted molar refractivity (Wildman–Crippen MR) is 104 cm³/mol. The van der Waals surface area contributed by atoms with Gasteiger partial charge in [0.2, 0.25) is 5.65 Å². The number of nitrogens with zero attached hydrogens (tertiary/aromatic N) is 4. The lowest BCUT2D eigenvalue weighted by Gasteiger charge is -2.12. The molecule has 0 spiro atoms. The van der Waals surface area contributed by atoms with Crippen LogP contribution in [-0.2, 0) is 16.1 Å². The number of aromatic nitrogens is 4. The number of benzene rings is 1. The minimum absolute atomic E-state index is 0.180. The number of ether oxygens (including phenoxy) is 1. The number of carbonyl (C=O) groups is 1. The van der Waals surface area contributed by atoms with Crippen LogP contribution in [0.5, 0.6) is 0 Å². The monoisotopic (exact) mass is 368 g/mol. The maximum atomic E-state index is 11.3. The van der Waals surface area contributed by atoms with Gasteiger partial charge in [0.05, 0.1) is 19.2 Å². The molecule has 0 unspecified atom stereocenters. The van der Waals surface area contributed by atoms with E-state index < -0.39 is 0 Å². The minimum Gasteiger partial charge on any atom is -0.469 e. The van der Waals surface area contributed by atoms with E-state index in [1.165, 1.54) is 7.11 Å². The highest BCUT2D eigenvalue weighted by Gasteiger charge is 2.15. The van der Waals surface area contributed by atoms with E-state index in [0.29, 0.717) is 24.6 Å². The van der Waals surface area contributed by atoms with Crippen LogP contribution in [0.2, 0.25) is 0 Å². The second-order valence-corrected chi connectivity index (χ2v) is 6.48. The van der Waals surface area contributed by atoms with Gasteiger partial charge in [-0.3, -0.25) is 4.79 Å².